The van der Waals surface area contributed by atoms with Crippen LogP contribution in [-0.4, -0.2) is 30.8 Å². The van der Waals surface area contributed by atoms with Gasteiger partial charge in [0.1, 0.15) is 6.61 Å². The maximum Gasteiger partial charge on any atom is 0.350 e. The van der Waals surface area contributed by atoms with Gasteiger partial charge in [-0.3, -0.25) is 0 Å². The maximum atomic E-state index is 12.8. The Morgan fingerprint density at radius 1 is 1.77 bits per heavy atom. The molecule has 0 amide bonds. The summed E-state index contributed by atoms with van der Waals surface area (Å²) in [6.07, 6.45) is -3.00. The van der Waals surface area contributed by atoms with Crippen LogP contribution in [0.5, 0.6) is 0 Å². The molecule has 0 spiro atoms. The van der Waals surface area contributed by atoms with E-state index in [1.165, 1.54) is 6.92 Å². The predicted octanol–water partition coefficient (Wildman–Crippen LogP) is 0.369. The van der Waals surface area contributed by atoms with Crippen LogP contribution in [0.25, 0.3) is 0 Å². The summed E-state index contributed by atoms with van der Waals surface area (Å²) < 4.78 is 21.7. The molecular weight excluding hydrogens is 179 g/mol. The first-order chi connectivity index (χ1) is 6.02. The van der Waals surface area contributed by atoms with E-state index in [1.54, 1.807) is 0 Å². The zero-order chi connectivity index (χ0) is 10.0. The quantitative estimate of drug-likeness (QED) is 0.464. The highest BCUT2D eigenvalue weighted by atomic mass is 19.1. The molecule has 0 aromatic rings. The second-order valence-corrected chi connectivity index (χ2v) is 2.75. The molecule has 1 aliphatic rings. The second-order valence-electron chi connectivity index (χ2n) is 2.75. The van der Waals surface area contributed by atoms with Crippen molar-refractivity contribution in [2.75, 3.05) is 6.61 Å². The minimum absolute atomic E-state index is 0.118. The first-order valence-electron chi connectivity index (χ1n) is 3.69. The van der Waals surface area contributed by atoms with Crippen molar-refractivity contribution in [2.45, 2.75) is 19.2 Å². The number of esters is 2. The summed E-state index contributed by atoms with van der Waals surface area (Å²) >= 11 is 0. The van der Waals surface area contributed by atoms with Gasteiger partial charge in [0.25, 0.3) is 0 Å². The first kappa shape index (κ1) is 9.70. The van der Waals surface area contributed by atoms with Gasteiger partial charge in [-0.15, -0.1) is 0 Å². The summed E-state index contributed by atoms with van der Waals surface area (Å²) in [6, 6.07) is 0. The molecule has 1 saturated heterocycles. The Bertz CT molecular complexity index is 261. The summed E-state index contributed by atoms with van der Waals surface area (Å²) in [5.41, 5.74) is 0.118. The molecule has 1 heterocycles. The number of carbonyl (C=O) groups excluding carboxylic acids is 2. The monoisotopic (exact) mass is 188 g/mol. The number of hydrogen-bond donors (Lipinski definition) is 0. The summed E-state index contributed by atoms with van der Waals surface area (Å²) in [6.45, 7) is 4.36. The standard InChI is InChI=1S/C8H9FO4/c1-4(2)7(10)13-6-5(9)3-12-8(6)11/h5-6H,1,3H2,2H3. The van der Waals surface area contributed by atoms with Crippen molar-refractivity contribution in [3.8, 4) is 0 Å². The Hall–Kier alpha value is -1.39. The molecule has 0 aliphatic carbocycles. The zero-order valence-electron chi connectivity index (χ0n) is 7.08. The number of hydrogen-bond acceptors (Lipinski definition) is 4. The Balaban J connectivity index is 2.57. The van der Waals surface area contributed by atoms with Crippen molar-refractivity contribution < 1.29 is 23.5 Å². The van der Waals surface area contributed by atoms with Crippen LogP contribution in [0.4, 0.5) is 4.39 Å². The minimum atomic E-state index is -1.57. The topological polar surface area (TPSA) is 52.6 Å². The third kappa shape index (κ3) is 2.05. The number of halogens is 1. The molecule has 1 fully saturated rings. The third-order valence-corrected chi connectivity index (χ3v) is 1.53. The number of ether oxygens (including phenoxy) is 2. The van der Waals surface area contributed by atoms with Crippen LogP contribution in [0.1, 0.15) is 6.92 Å². The van der Waals surface area contributed by atoms with Crippen molar-refractivity contribution in [3.05, 3.63) is 12.2 Å². The molecule has 0 radical (unpaired) electrons. The van der Waals surface area contributed by atoms with E-state index in [0.717, 1.165) is 0 Å². The lowest BCUT2D eigenvalue weighted by Gasteiger charge is -2.09. The minimum Gasteiger partial charge on any atom is -0.460 e. The van der Waals surface area contributed by atoms with Gasteiger partial charge in [-0.1, -0.05) is 6.58 Å². The number of rotatable bonds is 2. The van der Waals surface area contributed by atoms with Gasteiger partial charge in [0.15, 0.2) is 6.17 Å². The highest BCUT2D eigenvalue weighted by molar-refractivity contribution is 5.90. The Morgan fingerprint density at radius 3 is 2.77 bits per heavy atom. The third-order valence-electron chi connectivity index (χ3n) is 1.53. The Morgan fingerprint density at radius 2 is 2.38 bits per heavy atom. The fourth-order valence-corrected chi connectivity index (χ4v) is 0.817. The lowest BCUT2D eigenvalue weighted by molar-refractivity contribution is -0.158. The van der Waals surface area contributed by atoms with E-state index in [0.29, 0.717) is 0 Å². The summed E-state index contributed by atoms with van der Waals surface area (Å²) in [5.74, 6) is -1.63. The van der Waals surface area contributed by atoms with Crippen LogP contribution in [0.15, 0.2) is 12.2 Å². The van der Waals surface area contributed by atoms with E-state index >= 15 is 0 Å². The molecular formula is C8H9FO4. The van der Waals surface area contributed by atoms with Crippen molar-refractivity contribution in [1.29, 1.82) is 0 Å². The molecule has 5 heteroatoms. The van der Waals surface area contributed by atoms with Gasteiger partial charge in [0.05, 0.1) is 0 Å². The second kappa shape index (κ2) is 3.55. The molecule has 0 aromatic heterocycles. The van der Waals surface area contributed by atoms with Crippen LogP contribution in [0, 0.1) is 0 Å². The molecule has 0 saturated carbocycles. The normalized spacial score (nSPS) is 26.8. The van der Waals surface area contributed by atoms with Gasteiger partial charge in [-0.2, -0.15) is 0 Å². The maximum absolute atomic E-state index is 12.8. The Kier molecular flexibility index (Phi) is 2.65. The molecule has 0 N–H and O–H groups in total. The highest BCUT2D eigenvalue weighted by Gasteiger charge is 2.40. The molecule has 1 rings (SSSR count). The van der Waals surface area contributed by atoms with E-state index < -0.39 is 24.2 Å². The molecule has 72 valence electrons. The van der Waals surface area contributed by atoms with Crippen LogP contribution in [0.2, 0.25) is 0 Å². The molecule has 2 atom stereocenters. The average Bonchev–Trinajstić information content (AvgIpc) is 2.35. The van der Waals surface area contributed by atoms with Crippen molar-refractivity contribution >= 4 is 11.9 Å². The van der Waals surface area contributed by atoms with Gasteiger partial charge in [0.2, 0.25) is 6.10 Å². The van der Waals surface area contributed by atoms with Gasteiger partial charge in [0, 0.05) is 5.57 Å². The fourth-order valence-electron chi connectivity index (χ4n) is 0.817. The molecule has 13 heavy (non-hydrogen) atoms. The molecule has 0 aromatic carbocycles. The van der Waals surface area contributed by atoms with E-state index in [1.807, 2.05) is 0 Å². The molecule has 2 unspecified atom stereocenters. The number of alkyl halides is 1. The van der Waals surface area contributed by atoms with E-state index in [-0.39, 0.29) is 12.2 Å². The Labute approximate surface area is 74.3 Å². The van der Waals surface area contributed by atoms with Gasteiger partial charge in [-0.25, -0.2) is 14.0 Å². The van der Waals surface area contributed by atoms with E-state index in [4.69, 9.17) is 0 Å². The van der Waals surface area contributed by atoms with Crippen LogP contribution < -0.4 is 0 Å². The van der Waals surface area contributed by atoms with Crippen molar-refractivity contribution in [1.82, 2.24) is 0 Å². The summed E-state index contributed by atoms with van der Waals surface area (Å²) in [7, 11) is 0. The van der Waals surface area contributed by atoms with Gasteiger partial charge < -0.3 is 9.47 Å². The SMILES string of the molecule is C=C(C)C(=O)OC1C(=O)OCC1F. The average molecular weight is 188 g/mol. The number of cyclic esters (lactones) is 1. The summed E-state index contributed by atoms with van der Waals surface area (Å²) in [5, 5.41) is 0. The van der Waals surface area contributed by atoms with Gasteiger partial charge >= 0.3 is 11.9 Å². The van der Waals surface area contributed by atoms with E-state index in [9.17, 15) is 14.0 Å². The molecule has 1 aliphatic heterocycles. The van der Waals surface area contributed by atoms with Crippen LogP contribution in [0.3, 0.4) is 0 Å². The van der Waals surface area contributed by atoms with Crippen LogP contribution in [-0.2, 0) is 19.1 Å². The smallest absolute Gasteiger partial charge is 0.350 e. The van der Waals surface area contributed by atoms with Crippen LogP contribution >= 0.6 is 0 Å². The molecule has 0 bridgehead atoms. The molecule has 4 nitrogen and oxygen atoms in total. The zero-order valence-corrected chi connectivity index (χ0v) is 7.08. The lowest BCUT2D eigenvalue weighted by Crippen LogP contribution is -2.30. The predicted molar refractivity (Wildman–Crippen MR) is 40.5 cm³/mol. The van der Waals surface area contributed by atoms with Crippen molar-refractivity contribution in [2.24, 2.45) is 0 Å². The largest absolute Gasteiger partial charge is 0.460 e. The summed E-state index contributed by atoms with van der Waals surface area (Å²) in [4.78, 5) is 21.7. The van der Waals surface area contributed by atoms with Crippen molar-refractivity contribution in [3.63, 3.8) is 0 Å². The fraction of sp³-hybridized carbons (Fsp3) is 0.500. The highest BCUT2D eigenvalue weighted by Crippen LogP contribution is 2.15. The van der Waals surface area contributed by atoms with Gasteiger partial charge in [-0.05, 0) is 6.92 Å². The number of carbonyl (C=O) groups is 2. The first-order valence-corrected chi connectivity index (χ1v) is 3.69. The van der Waals surface area contributed by atoms with E-state index in [2.05, 4.69) is 16.1 Å². The lowest BCUT2D eigenvalue weighted by atomic mass is 10.2.